The summed E-state index contributed by atoms with van der Waals surface area (Å²) in [7, 11) is 0. The van der Waals surface area contributed by atoms with Crippen LogP contribution in [-0.2, 0) is 11.3 Å². The molecule has 1 saturated carbocycles. The smallest absolute Gasteiger partial charge is 0.227 e. The molecule has 22 heavy (non-hydrogen) atoms. The van der Waals surface area contributed by atoms with E-state index in [9.17, 15) is 4.79 Å². The highest BCUT2D eigenvalue weighted by Gasteiger charge is 2.29. The van der Waals surface area contributed by atoms with Crippen LogP contribution in [0.15, 0.2) is 48.8 Å². The second-order valence-electron chi connectivity index (χ2n) is 5.85. The molecule has 1 aromatic heterocycles. The van der Waals surface area contributed by atoms with Crippen molar-refractivity contribution in [1.29, 1.82) is 0 Å². The van der Waals surface area contributed by atoms with Crippen LogP contribution in [0.2, 0.25) is 0 Å². The van der Waals surface area contributed by atoms with Crippen LogP contribution < -0.4 is 10.6 Å². The Morgan fingerprint density at radius 3 is 2.68 bits per heavy atom. The number of amides is 1. The summed E-state index contributed by atoms with van der Waals surface area (Å²) < 4.78 is 0. The van der Waals surface area contributed by atoms with Crippen LogP contribution >= 0.6 is 0 Å². The van der Waals surface area contributed by atoms with Gasteiger partial charge in [-0.2, -0.15) is 0 Å². The van der Waals surface area contributed by atoms with E-state index >= 15 is 0 Å². The number of hydrogen-bond acceptors (Lipinski definition) is 3. The van der Waals surface area contributed by atoms with Gasteiger partial charge in [0.25, 0.3) is 0 Å². The average Bonchev–Trinajstić information content (AvgIpc) is 3.39. The Bertz CT molecular complexity index is 621. The molecule has 1 aliphatic carbocycles. The molecule has 1 atom stereocenters. The van der Waals surface area contributed by atoms with Crippen LogP contribution in [-0.4, -0.2) is 10.9 Å². The lowest BCUT2D eigenvalue weighted by molar-refractivity contribution is -0.117. The molecule has 1 heterocycles. The SMILES string of the molecule is C[C@@H](NCc1cccnc1)c1ccc(NC(=O)C2CC2)cc1. The van der Waals surface area contributed by atoms with Gasteiger partial charge >= 0.3 is 0 Å². The summed E-state index contributed by atoms with van der Waals surface area (Å²) >= 11 is 0. The Kier molecular flexibility index (Phi) is 4.49. The van der Waals surface area contributed by atoms with E-state index in [4.69, 9.17) is 0 Å². The minimum Gasteiger partial charge on any atom is -0.326 e. The summed E-state index contributed by atoms with van der Waals surface area (Å²) in [5.41, 5.74) is 3.25. The number of aromatic nitrogens is 1. The predicted octanol–water partition coefficient (Wildman–Crippen LogP) is 3.28. The third-order valence-electron chi connectivity index (χ3n) is 3.96. The minimum absolute atomic E-state index is 0.149. The largest absolute Gasteiger partial charge is 0.326 e. The van der Waals surface area contributed by atoms with Gasteiger partial charge in [0, 0.05) is 36.6 Å². The van der Waals surface area contributed by atoms with Crippen molar-refractivity contribution in [2.24, 2.45) is 5.92 Å². The Labute approximate surface area is 131 Å². The third kappa shape index (κ3) is 3.92. The number of hydrogen-bond donors (Lipinski definition) is 2. The number of nitrogens with one attached hydrogen (secondary N) is 2. The van der Waals surface area contributed by atoms with Crippen LogP contribution in [0.5, 0.6) is 0 Å². The van der Waals surface area contributed by atoms with Gasteiger partial charge in [0.15, 0.2) is 0 Å². The van der Waals surface area contributed by atoms with Gasteiger partial charge in [-0.3, -0.25) is 9.78 Å². The van der Waals surface area contributed by atoms with Crippen LogP contribution in [0.25, 0.3) is 0 Å². The normalized spacial score (nSPS) is 15.3. The first-order valence-corrected chi connectivity index (χ1v) is 7.75. The molecule has 0 radical (unpaired) electrons. The monoisotopic (exact) mass is 295 g/mol. The standard InChI is InChI=1S/C18H21N3O/c1-13(20-12-14-3-2-10-19-11-14)15-6-8-17(9-7-15)21-18(22)16-4-5-16/h2-3,6-11,13,16,20H,4-5,12H2,1H3,(H,21,22)/t13-/m1/s1. The molecule has 3 rings (SSSR count). The Hall–Kier alpha value is -2.20. The van der Waals surface area contributed by atoms with Crippen LogP contribution in [0.3, 0.4) is 0 Å². The van der Waals surface area contributed by atoms with Crippen molar-refractivity contribution < 1.29 is 4.79 Å². The molecular weight excluding hydrogens is 274 g/mol. The van der Waals surface area contributed by atoms with Gasteiger partial charge in [-0.05, 0) is 49.1 Å². The Morgan fingerprint density at radius 1 is 1.27 bits per heavy atom. The highest BCUT2D eigenvalue weighted by atomic mass is 16.2. The predicted molar refractivity (Wildman–Crippen MR) is 87.3 cm³/mol. The number of carbonyl (C=O) groups is 1. The summed E-state index contributed by atoms with van der Waals surface area (Å²) in [4.78, 5) is 15.8. The minimum atomic E-state index is 0.149. The molecule has 1 amide bonds. The van der Waals surface area contributed by atoms with Crippen LogP contribution in [0, 0.1) is 5.92 Å². The zero-order valence-corrected chi connectivity index (χ0v) is 12.8. The number of carbonyl (C=O) groups excluding carboxylic acids is 1. The average molecular weight is 295 g/mol. The zero-order chi connectivity index (χ0) is 15.4. The van der Waals surface area contributed by atoms with Crippen LogP contribution in [0.4, 0.5) is 5.69 Å². The molecule has 0 aliphatic heterocycles. The Morgan fingerprint density at radius 2 is 2.05 bits per heavy atom. The van der Waals surface area contributed by atoms with E-state index in [-0.39, 0.29) is 17.9 Å². The van der Waals surface area contributed by atoms with E-state index in [0.29, 0.717) is 0 Å². The molecule has 114 valence electrons. The molecule has 0 saturated heterocycles. The molecular formula is C18H21N3O. The van der Waals surface area contributed by atoms with Crippen LogP contribution in [0.1, 0.15) is 36.9 Å². The molecule has 1 aliphatic rings. The topological polar surface area (TPSA) is 54.0 Å². The maximum Gasteiger partial charge on any atom is 0.227 e. The van der Waals surface area contributed by atoms with E-state index in [1.165, 1.54) is 11.1 Å². The molecule has 1 aromatic carbocycles. The number of benzene rings is 1. The van der Waals surface area contributed by atoms with Crippen molar-refractivity contribution >= 4 is 11.6 Å². The molecule has 2 N–H and O–H groups in total. The fourth-order valence-corrected chi connectivity index (χ4v) is 2.34. The van der Waals surface area contributed by atoms with E-state index in [0.717, 1.165) is 25.1 Å². The summed E-state index contributed by atoms with van der Waals surface area (Å²) in [6.07, 6.45) is 5.70. The van der Waals surface area contributed by atoms with Crippen molar-refractivity contribution in [3.05, 3.63) is 59.9 Å². The van der Waals surface area contributed by atoms with Gasteiger partial charge in [0.2, 0.25) is 5.91 Å². The Balaban J connectivity index is 1.53. The zero-order valence-electron chi connectivity index (χ0n) is 12.8. The highest BCUT2D eigenvalue weighted by Crippen LogP contribution is 2.30. The molecule has 0 spiro atoms. The molecule has 0 unspecified atom stereocenters. The lowest BCUT2D eigenvalue weighted by Gasteiger charge is -2.15. The summed E-state index contributed by atoms with van der Waals surface area (Å²) in [5, 5.41) is 6.44. The van der Waals surface area contributed by atoms with Crippen molar-refractivity contribution in [3.8, 4) is 0 Å². The molecule has 0 bridgehead atoms. The molecule has 4 heteroatoms. The summed E-state index contributed by atoms with van der Waals surface area (Å²) in [6, 6.07) is 12.3. The van der Waals surface area contributed by atoms with Gasteiger partial charge in [0.05, 0.1) is 0 Å². The van der Waals surface area contributed by atoms with E-state index in [2.05, 4.69) is 40.7 Å². The van der Waals surface area contributed by atoms with Gasteiger partial charge in [-0.1, -0.05) is 18.2 Å². The van der Waals surface area contributed by atoms with Crippen molar-refractivity contribution in [1.82, 2.24) is 10.3 Å². The first-order chi connectivity index (χ1) is 10.7. The lowest BCUT2D eigenvalue weighted by atomic mass is 10.1. The van der Waals surface area contributed by atoms with Gasteiger partial charge in [-0.15, -0.1) is 0 Å². The van der Waals surface area contributed by atoms with Crippen molar-refractivity contribution in [2.75, 3.05) is 5.32 Å². The quantitative estimate of drug-likeness (QED) is 0.860. The van der Waals surface area contributed by atoms with E-state index in [1.54, 1.807) is 6.20 Å². The van der Waals surface area contributed by atoms with Crippen molar-refractivity contribution in [2.45, 2.75) is 32.4 Å². The second kappa shape index (κ2) is 6.71. The van der Waals surface area contributed by atoms with E-state index in [1.807, 2.05) is 24.4 Å². The lowest BCUT2D eigenvalue weighted by Crippen LogP contribution is -2.18. The summed E-state index contributed by atoms with van der Waals surface area (Å²) in [6.45, 7) is 2.92. The first-order valence-electron chi connectivity index (χ1n) is 7.75. The summed E-state index contributed by atoms with van der Waals surface area (Å²) in [5.74, 6) is 0.384. The highest BCUT2D eigenvalue weighted by molar-refractivity contribution is 5.93. The fraction of sp³-hybridized carbons (Fsp3) is 0.333. The van der Waals surface area contributed by atoms with Gasteiger partial charge in [-0.25, -0.2) is 0 Å². The number of anilines is 1. The van der Waals surface area contributed by atoms with Gasteiger partial charge < -0.3 is 10.6 Å². The molecule has 4 nitrogen and oxygen atoms in total. The van der Waals surface area contributed by atoms with Crippen molar-refractivity contribution in [3.63, 3.8) is 0 Å². The third-order valence-corrected chi connectivity index (χ3v) is 3.96. The number of rotatable bonds is 6. The number of pyridine rings is 1. The number of nitrogens with zero attached hydrogens (tertiary/aromatic N) is 1. The first kappa shape index (κ1) is 14.7. The van der Waals surface area contributed by atoms with E-state index < -0.39 is 0 Å². The maximum absolute atomic E-state index is 11.7. The maximum atomic E-state index is 11.7. The molecule has 1 fully saturated rings. The molecule has 2 aromatic rings. The van der Waals surface area contributed by atoms with Gasteiger partial charge in [0.1, 0.15) is 0 Å². The fourth-order valence-electron chi connectivity index (χ4n) is 2.34. The second-order valence-corrected chi connectivity index (χ2v) is 5.85.